The number of Topliss-reactive ketones (excluding diaryl/α,β-unsaturated/α-hetero) is 1. The summed E-state index contributed by atoms with van der Waals surface area (Å²) in [5.41, 5.74) is 3.72. The molecule has 0 N–H and O–H groups in total. The molecule has 1 aliphatic carbocycles. The number of nitrogens with zero attached hydrogens (tertiary/aromatic N) is 4. The summed E-state index contributed by atoms with van der Waals surface area (Å²) < 4.78 is 8.58. The summed E-state index contributed by atoms with van der Waals surface area (Å²) in [7, 11) is 1.60. The fraction of sp³-hybridized carbons (Fsp3) is 0.259. The number of aryl methyl sites for hydroxylation is 1. The van der Waals surface area contributed by atoms with Crippen molar-refractivity contribution in [1.29, 1.82) is 0 Å². The van der Waals surface area contributed by atoms with Crippen LogP contribution in [0.4, 0.5) is 0 Å². The minimum Gasteiger partial charge on any atom is -0.497 e. The largest absolute Gasteiger partial charge is 0.497 e. The van der Waals surface area contributed by atoms with Crippen molar-refractivity contribution in [2.45, 2.75) is 33.6 Å². The van der Waals surface area contributed by atoms with Crippen molar-refractivity contribution in [2.24, 2.45) is 5.41 Å². The SMILES string of the molecule is COc1ccc(-n2c3c(cc(-c4ncnn4-c4ccc(C)cc4)c2=O)C(=O)CC(C)(C)C3)cc1. The van der Waals surface area contributed by atoms with Crippen LogP contribution < -0.4 is 10.3 Å². The lowest BCUT2D eigenvalue weighted by atomic mass is 9.75. The van der Waals surface area contributed by atoms with E-state index in [1.54, 1.807) is 22.4 Å². The Morgan fingerprint density at radius 2 is 1.59 bits per heavy atom. The molecule has 172 valence electrons. The van der Waals surface area contributed by atoms with Gasteiger partial charge in [-0.3, -0.25) is 14.2 Å². The second-order valence-corrected chi connectivity index (χ2v) is 9.53. The molecule has 0 spiro atoms. The van der Waals surface area contributed by atoms with E-state index in [0.717, 1.165) is 16.9 Å². The van der Waals surface area contributed by atoms with Gasteiger partial charge in [0.15, 0.2) is 11.6 Å². The van der Waals surface area contributed by atoms with Gasteiger partial charge in [0.05, 0.1) is 18.4 Å². The van der Waals surface area contributed by atoms with Crippen LogP contribution in [0.15, 0.2) is 65.7 Å². The summed E-state index contributed by atoms with van der Waals surface area (Å²) in [5.74, 6) is 1.12. The quantitative estimate of drug-likeness (QED) is 0.452. The molecular formula is C27H26N4O3. The number of hydrogen-bond acceptors (Lipinski definition) is 5. The molecule has 0 aliphatic heterocycles. The number of ether oxygens (including phenoxy) is 1. The third-order valence-corrected chi connectivity index (χ3v) is 6.29. The van der Waals surface area contributed by atoms with E-state index in [4.69, 9.17) is 4.74 Å². The van der Waals surface area contributed by atoms with Crippen molar-refractivity contribution in [3.05, 3.63) is 88.1 Å². The summed E-state index contributed by atoms with van der Waals surface area (Å²) in [4.78, 5) is 31.6. The van der Waals surface area contributed by atoms with Crippen LogP contribution in [0.1, 0.15) is 41.9 Å². The maximum absolute atomic E-state index is 14.0. The minimum absolute atomic E-state index is 0.0242. The first-order valence-corrected chi connectivity index (χ1v) is 11.2. The van der Waals surface area contributed by atoms with E-state index in [2.05, 4.69) is 23.9 Å². The fourth-order valence-electron chi connectivity index (χ4n) is 4.58. The normalized spacial score (nSPS) is 14.6. The third-order valence-electron chi connectivity index (χ3n) is 6.29. The molecule has 34 heavy (non-hydrogen) atoms. The summed E-state index contributed by atoms with van der Waals surface area (Å²) >= 11 is 0. The Bertz CT molecular complexity index is 1440. The first-order chi connectivity index (χ1) is 16.3. The van der Waals surface area contributed by atoms with Gasteiger partial charge >= 0.3 is 0 Å². The van der Waals surface area contributed by atoms with Crippen molar-refractivity contribution < 1.29 is 9.53 Å². The number of rotatable bonds is 4. The molecule has 0 radical (unpaired) electrons. The zero-order valence-corrected chi connectivity index (χ0v) is 19.7. The molecule has 0 unspecified atom stereocenters. The Kier molecular flexibility index (Phi) is 5.20. The predicted octanol–water partition coefficient (Wildman–Crippen LogP) is 4.56. The van der Waals surface area contributed by atoms with E-state index in [1.165, 1.54) is 6.33 Å². The highest BCUT2D eigenvalue weighted by Gasteiger charge is 2.35. The van der Waals surface area contributed by atoms with E-state index in [9.17, 15) is 9.59 Å². The molecule has 2 aromatic carbocycles. The molecule has 1 aliphatic rings. The Morgan fingerprint density at radius 1 is 0.912 bits per heavy atom. The van der Waals surface area contributed by atoms with Gasteiger partial charge in [-0.25, -0.2) is 9.67 Å². The number of carbonyl (C=O) groups excluding carboxylic acids is 1. The standard InChI is InChI=1S/C27H26N4O3/c1-17-5-7-19(8-6-17)31-25(28-16-29-31)22-13-21-23(14-27(2,3)15-24(21)32)30(26(22)33)18-9-11-20(34-4)12-10-18/h5-13,16H,14-15H2,1-4H3. The smallest absolute Gasteiger partial charge is 0.266 e. The van der Waals surface area contributed by atoms with Gasteiger partial charge in [-0.2, -0.15) is 5.10 Å². The third kappa shape index (κ3) is 3.73. The van der Waals surface area contributed by atoms with Crippen LogP contribution in [-0.4, -0.2) is 32.2 Å². The monoisotopic (exact) mass is 454 g/mol. The van der Waals surface area contributed by atoms with Crippen molar-refractivity contribution >= 4 is 5.78 Å². The summed E-state index contributed by atoms with van der Waals surface area (Å²) in [6.45, 7) is 6.12. The van der Waals surface area contributed by atoms with Gasteiger partial charge in [-0.15, -0.1) is 0 Å². The van der Waals surface area contributed by atoms with Gasteiger partial charge in [-0.1, -0.05) is 31.5 Å². The lowest BCUT2D eigenvalue weighted by molar-refractivity contribution is 0.0909. The maximum Gasteiger partial charge on any atom is 0.266 e. The van der Waals surface area contributed by atoms with Gasteiger partial charge in [-0.05, 0) is 61.2 Å². The van der Waals surface area contributed by atoms with Crippen molar-refractivity contribution in [2.75, 3.05) is 7.11 Å². The van der Waals surface area contributed by atoms with Crippen molar-refractivity contribution in [3.8, 4) is 28.5 Å². The molecule has 5 rings (SSSR count). The number of methoxy groups -OCH3 is 1. The molecule has 7 heteroatoms. The predicted molar refractivity (Wildman–Crippen MR) is 130 cm³/mol. The Morgan fingerprint density at radius 3 is 2.26 bits per heavy atom. The van der Waals surface area contributed by atoms with Crippen LogP contribution >= 0.6 is 0 Å². The van der Waals surface area contributed by atoms with Crippen LogP contribution in [-0.2, 0) is 6.42 Å². The molecule has 7 nitrogen and oxygen atoms in total. The van der Waals surface area contributed by atoms with Crippen LogP contribution in [0, 0.1) is 12.3 Å². The second kappa shape index (κ2) is 8.09. The van der Waals surface area contributed by atoms with E-state index in [1.807, 2.05) is 55.5 Å². The Hall–Kier alpha value is -4.00. The first kappa shape index (κ1) is 21.8. The van der Waals surface area contributed by atoms with Crippen LogP contribution in [0.3, 0.4) is 0 Å². The Balaban J connectivity index is 1.77. The number of aromatic nitrogens is 4. The van der Waals surface area contributed by atoms with Crippen LogP contribution in [0.2, 0.25) is 0 Å². The van der Waals surface area contributed by atoms with Gasteiger partial charge in [0, 0.05) is 23.4 Å². The number of ketones is 1. The number of carbonyl (C=O) groups is 1. The molecule has 4 aromatic rings. The van der Waals surface area contributed by atoms with Crippen LogP contribution in [0.5, 0.6) is 5.75 Å². The number of fused-ring (bicyclic) bond motifs is 1. The van der Waals surface area contributed by atoms with Gasteiger partial charge in [0.25, 0.3) is 5.56 Å². The highest BCUT2D eigenvalue weighted by molar-refractivity contribution is 5.99. The number of hydrogen-bond donors (Lipinski definition) is 0. The van der Waals surface area contributed by atoms with E-state index < -0.39 is 0 Å². The second-order valence-electron chi connectivity index (χ2n) is 9.53. The number of pyridine rings is 1. The maximum atomic E-state index is 14.0. The van der Waals surface area contributed by atoms with Crippen LogP contribution in [0.25, 0.3) is 22.8 Å². The summed E-state index contributed by atoms with van der Waals surface area (Å²) in [6.07, 6.45) is 2.46. The summed E-state index contributed by atoms with van der Waals surface area (Å²) in [5, 5.41) is 4.37. The van der Waals surface area contributed by atoms with Crippen molar-refractivity contribution in [3.63, 3.8) is 0 Å². The highest BCUT2D eigenvalue weighted by atomic mass is 16.5. The van der Waals surface area contributed by atoms with Gasteiger partial charge in [0.1, 0.15) is 12.1 Å². The molecule has 0 saturated heterocycles. The Labute approximate surface area is 197 Å². The van der Waals surface area contributed by atoms with Gasteiger partial charge in [0.2, 0.25) is 0 Å². The molecule has 2 aromatic heterocycles. The molecule has 0 fully saturated rings. The average Bonchev–Trinajstić information content (AvgIpc) is 3.28. The first-order valence-electron chi connectivity index (χ1n) is 11.2. The van der Waals surface area contributed by atoms with E-state index in [-0.39, 0.29) is 16.8 Å². The zero-order chi connectivity index (χ0) is 24.0. The molecule has 0 bridgehead atoms. The minimum atomic E-state index is -0.242. The van der Waals surface area contributed by atoms with E-state index in [0.29, 0.717) is 41.2 Å². The molecule has 2 heterocycles. The fourth-order valence-corrected chi connectivity index (χ4v) is 4.58. The zero-order valence-electron chi connectivity index (χ0n) is 19.7. The number of benzene rings is 2. The highest BCUT2D eigenvalue weighted by Crippen LogP contribution is 2.36. The van der Waals surface area contributed by atoms with E-state index >= 15 is 0 Å². The lowest BCUT2D eigenvalue weighted by Crippen LogP contribution is -2.35. The van der Waals surface area contributed by atoms with Gasteiger partial charge < -0.3 is 4.74 Å². The van der Waals surface area contributed by atoms with Crippen molar-refractivity contribution in [1.82, 2.24) is 19.3 Å². The molecule has 0 saturated carbocycles. The summed E-state index contributed by atoms with van der Waals surface area (Å²) in [6, 6.07) is 16.8. The molecule has 0 atom stereocenters. The lowest BCUT2D eigenvalue weighted by Gasteiger charge is -2.32. The molecular weight excluding hydrogens is 428 g/mol. The average molecular weight is 455 g/mol. The molecule has 0 amide bonds. The topological polar surface area (TPSA) is 79.0 Å².